The molecule has 1 heterocycles. The van der Waals surface area contributed by atoms with Crippen molar-refractivity contribution in [2.75, 3.05) is 13.2 Å². The van der Waals surface area contributed by atoms with Gasteiger partial charge >= 0.3 is 0 Å². The smallest absolute Gasteiger partial charge is 0.133 e. The average Bonchev–Trinajstić information content (AvgIpc) is 3.07. The summed E-state index contributed by atoms with van der Waals surface area (Å²) in [5, 5.41) is 13.2. The molecule has 0 saturated heterocycles. The predicted octanol–water partition coefficient (Wildman–Crippen LogP) is 2.16. The molecule has 1 aromatic rings. The number of nitrogens with zero attached hydrogens (tertiary/aromatic N) is 1. The van der Waals surface area contributed by atoms with E-state index in [-0.39, 0.29) is 18.1 Å². The molecule has 16 heavy (non-hydrogen) atoms. The van der Waals surface area contributed by atoms with Gasteiger partial charge in [-0.25, -0.2) is 4.98 Å². The maximum absolute atomic E-state index is 9.22. The van der Waals surface area contributed by atoms with Crippen molar-refractivity contribution in [3.05, 3.63) is 29.0 Å². The van der Waals surface area contributed by atoms with Gasteiger partial charge in [-0.2, -0.15) is 0 Å². The van der Waals surface area contributed by atoms with E-state index in [0.29, 0.717) is 5.15 Å². The number of aliphatic hydroxyl groups excluding tert-OH is 1. The Bertz CT molecular complexity index is 366. The molecule has 1 aliphatic rings. The highest BCUT2D eigenvalue weighted by Gasteiger charge is 2.41. The first-order chi connectivity index (χ1) is 7.67. The van der Waals surface area contributed by atoms with Crippen LogP contribution in [0.15, 0.2) is 18.3 Å². The Morgan fingerprint density at radius 2 is 2.38 bits per heavy atom. The Morgan fingerprint density at radius 3 is 2.94 bits per heavy atom. The molecular formula is C12H17ClN2O. The highest BCUT2D eigenvalue weighted by atomic mass is 35.5. The number of halogens is 1. The third-order valence-corrected chi connectivity index (χ3v) is 3.65. The summed E-state index contributed by atoms with van der Waals surface area (Å²) in [6, 6.07) is 4.04. The molecule has 88 valence electrons. The summed E-state index contributed by atoms with van der Waals surface area (Å²) in [6.07, 6.45) is 3.92. The summed E-state index contributed by atoms with van der Waals surface area (Å²) >= 11 is 6.02. The molecule has 1 aromatic heterocycles. The minimum Gasteiger partial charge on any atom is -0.396 e. The Morgan fingerprint density at radius 1 is 1.62 bits per heavy atom. The molecule has 0 bridgehead atoms. The second-order valence-corrected chi connectivity index (χ2v) is 5.00. The minimum absolute atomic E-state index is 0.128. The lowest BCUT2D eigenvalue weighted by molar-refractivity contribution is 0.204. The third-order valence-electron chi connectivity index (χ3n) is 3.33. The SMILES string of the molecule is CC(NCC1(CO)CC1)c1cccnc1Cl. The van der Waals surface area contributed by atoms with E-state index < -0.39 is 0 Å². The van der Waals surface area contributed by atoms with Crippen molar-refractivity contribution in [3.63, 3.8) is 0 Å². The van der Waals surface area contributed by atoms with E-state index in [1.807, 2.05) is 12.1 Å². The second-order valence-electron chi connectivity index (χ2n) is 4.64. The standard InChI is InChI=1S/C12H17ClN2O/c1-9(10-3-2-6-14-11(10)13)15-7-12(8-16)4-5-12/h2-3,6,9,15-16H,4-5,7-8H2,1H3. The monoisotopic (exact) mass is 240 g/mol. The van der Waals surface area contributed by atoms with Crippen molar-refractivity contribution in [3.8, 4) is 0 Å². The van der Waals surface area contributed by atoms with E-state index >= 15 is 0 Å². The normalized spacial score (nSPS) is 19.4. The molecular weight excluding hydrogens is 224 g/mol. The molecule has 4 heteroatoms. The zero-order valence-corrected chi connectivity index (χ0v) is 10.2. The van der Waals surface area contributed by atoms with Gasteiger partial charge < -0.3 is 10.4 Å². The maximum Gasteiger partial charge on any atom is 0.133 e. The second kappa shape index (κ2) is 4.70. The van der Waals surface area contributed by atoms with Crippen molar-refractivity contribution in [2.45, 2.75) is 25.8 Å². The first kappa shape index (κ1) is 11.8. The molecule has 1 saturated carbocycles. The Hall–Kier alpha value is -0.640. The molecule has 1 fully saturated rings. The van der Waals surface area contributed by atoms with Gasteiger partial charge in [-0.1, -0.05) is 17.7 Å². The van der Waals surface area contributed by atoms with E-state index in [4.69, 9.17) is 11.6 Å². The van der Waals surface area contributed by atoms with E-state index in [1.165, 1.54) is 0 Å². The zero-order valence-electron chi connectivity index (χ0n) is 9.41. The lowest BCUT2D eigenvalue weighted by Gasteiger charge is -2.19. The van der Waals surface area contributed by atoms with Gasteiger partial charge in [0.1, 0.15) is 5.15 Å². The lowest BCUT2D eigenvalue weighted by atomic mass is 10.1. The summed E-state index contributed by atoms with van der Waals surface area (Å²) < 4.78 is 0. The van der Waals surface area contributed by atoms with Crippen LogP contribution in [0.4, 0.5) is 0 Å². The van der Waals surface area contributed by atoms with Crippen molar-refractivity contribution >= 4 is 11.6 Å². The van der Waals surface area contributed by atoms with E-state index in [2.05, 4.69) is 17.2 Å². The summed E-state index contributed by atoms with van der Waals surface area (Å²) in [4.78, 5) is 4.06. The van der Waals surface area contributed by atoms with Gasteiger partial charge in [-0.15, -0.1) is 0 Å². The van der Waals surface area contributed by atoms with Gasteiger partial charge in [0.25, 0.3) is 0 Å². The lowest BCUT2D eigenvalue weighted by Crippen LogP contribution is -2.29. The molecule has 1 atom stereocenters. The Balaban J connectivity index is 1.93. The summed E-state index contributed by atoms with van der Waals surface area (Å²) in [5.74, 6) is 0. The fraction of sp³-hybridized carbons (Fsp3) is 0.583. The van der Waals surface area contributed by atoms with E-state index in [1.54, 1.807) is 6.20 Å². The third kappa shape index (κ3) is 2.54. The van der Waals surface area contributed by atoms with Crippen molar-refractivity contribution in [2.24, 2.45) is 5.41 Å². The van der Waals surface area contributed by atoms with Crippen LogP contribution in [0.5, 0.6) is 0 Å². The molecule has 3 nitrogen and oxygen atoms in total. The van der Waals surface area contributed by atoms with E-state index in [0.717, 1.165) is 24.9 Å². The van der Waals surface area contributed by atoms with Crippen LogP contribution in [0.25, 0.3) is 0 Å². The fourth-order valence-corrected chi connectivity index (χ4v) is 2.05. The molecule has 0 aliphatic heterocycles. The van der Waals surface area contributed by atoms with Gasteiger partial charge in [0, 0.05) is 36.4 Å². The van der Waals surface area contributed by atoms with Crippen LogP contribution in [0, 0.1) is 5.41 Å². The van der Waals surface area contributed by atoms with Gasteiger partial charge in [0.05, 0.1) is 0 Å². The molecule has 2 N–H and O–H groups in total. The molecule has 0 aromatic carbocycles. The topological polar surface area (TPSA) is 45.1 Å². The highest BCUT2D eigenvalue weighted by molar-refractivity contribution is 6.30. The number of rotatable bonds is 5. The van der Waals surface area contributed by atoms with Crippen molar-refractivity contribution < 1.29 is 5.11 Å². The van der Waals surface area contributed by atoms with Crippen LogP contribution < -0.4 is 5.32 Å². The quantitative estimate of drug-likeness (QED) is 0.776. The van der Waals surface area contributed by atoms with Gasteiger partial charge in [-0.05, 0) is 25.8 Å². The van der Waals surface area contributed by atoms with Crippen LogP contribution in [-0.2, 0) is 0 Å². The number of nitrogens with one attached hydrogen (secondary N) is 1. The van der Waals surface area contributed by atoms with Gasteiger partial charge in [0.2, 0.25) is 0 Å². The van der Waals surface area contributed by atoms with Crippen molar-refractivity contribution in [1.82, 2.24) is 10.3 Å². The van der Waals surface area contributed by atoms with E-state index in [9.17, 15) is 5.11 Å². The number of aromatic nitrogens is 1. The van der Waals surface area contributed by atoms with Crippen LogP contribution >= 0.6 is 11.6 Å². The fourth-order valence-electron chi connectivity index (χ4n) is 1.77. The average molecular weight is 241 g/mol. The Kier molecular flexibility index (Phi) is 3.47. The van der Waals surface area contributed by atoms with Crippen LogP contribution in [0.3, 0.4) is 0 Å². The van der Waals surface area contributed by atoms with Gasteiger partial charge in [0.15, 0.2) is 0 Å². The molecule has 0 spiro atoms. The summed E-state index contributed by atoms with van der Waals surface area (Å²) in [6.45, 7) is 3.18. The van der Waals surface area contributed by atoms with Crippen LogP contribution in [0.1, 0.15) is 31.4 Å². The number of hydrogen-bond acceptors (Lipinski definition) is 3. The predicted molar refractivity (Wildman–Crippen MR) is 64.4 cm³/mol. The first-order valence-corrected chi connectivity index (χ1v) is 5.99. The Labute approximate surface area is 101 Å². The minimum atomic E-state index is 0.128. The van der Waals surface area contributed by atoms with Crippen LogP contribution in [0.2, 0.25) is 5.15 Å². The molecule has 2 rings (SSSR count). The number of hydrogen-bond donors (Lipinski definition) is 2. The van der Waals surface area contributed by atoms with Crippen molar-refractivity contribution in [1.29, 1.82) is 0 Å². The first-order valence-electron chi connectivity index (χ1n) is 5.61. The summed E-state index contributed by atoms with van der Waals surface area (Å²) in [7, 11) is 0. The largest absolute Gasteiger partial charge is 0.396 e. The summed E-state index contributed by atoms with van der Waals surface area (Å²) in [5.41, 5.74) is 1.14. The molecule has 1 aliphatic carbocycles. The highest BCUT2D eigenvalue weighted by Crippen LogP contribution is 2.44. The van der Waals surface area contributed by atoms with Crippen LogP contribution in [-0.4, -0.2) is 23.2 Å². The molecule has 1 unspecified atom stereocenters. The molecule has 0 radical (unpaired) electrons. The maximum atomic E-state index is 9.22. The molecule has 0 amide bonds. The number of aliphatic hydroxyl groups is 1. The zero-order chi connectivity index (χ0) is 11.6. The van der Waals surface area contributed by atoms with Gasteiger partial charge in [-0.3, -0.25) is 0 Å². The number of pyridine rings is 1.